The van der Waals surface area contributed by atoms with Gasteiger partial charge in [-0.25, -0.2) is 9.78 Å². The quantitative estimate of drug-likeness (QED) is 0.343. The number of fused-ring (bicyclic) bond motifs is 4. The van der Waals surface area contributed by atoms with Crippen LogP contribution in [0.25, 0.3) is 32.6 Å². The zero-order chi connectivity index (χ0) is 20.0. The van der Waals surface area contributed by atoms with E-state index in [0.29, 0.717) is 33.4 Å². The summed E-state index contributed by atoms with van der Waals surface area (Å²) in [5.41, 5.74) is 1.79. The summed E-state index contributed by atoms with van der Waals surface area (Å²) in [6.45, 7) is 1.81. The van der Waals surface area contributed by atoms with Gasteiger partial charge in [-0.2, -0.15) is 0 Å². The fourth-order valence-electron chi connectivity index (χ4n) is 3.61. The summed E-state index contributed by atoms with van der Waals surface area (Å²) in [6, 6.07) is 22.4. The van der Waals surface area contributed by atoms with Crippen LogP contribution in [0.3, 0.4) is 0 Å². The minimum atomic E-state index is -0.434. The molecule has 0 saturated heterocycles. The molecule has 0 aliphatic carbocycles. The second-order valence-corrected chi connectivity index (χ2v) is 6.95. The minimum Gasteiger partial charge on any atom is -0.422 e. The number of aromatic nitrogens is 1. The van der Waals surface area contributed by atoms with Crippen LogP contribution < -0.4 is 10.9 Å². The van der Waals surface area contributed by atoms with E-state index >= 15 is 0 Å². The number of benzene rings is 3. The molecule has 0 atom stereocenters. The number of hydrogen-bond donors (Lipinski definition) is 1. The number of anilines is 1. The molecule has 5 nitrogen and oxygen atoms in total. The molecular weight excluding hydrogens is 364 g/mol. The summed E-state index contributed by atoms with van der Waals surface area (Å²) in [6.07, 6.45) is 0. The van der Waals surface area contributed by atoms with Crippen LogP contribution in [0.4, 0.5) is 5.82 Å². The Balaban J connectivity index is 1.60. The number of carbonyl (C=O) groups excluding carboxylic acids is 1. The van der Waals surface area contributed by atoms with Crippen LogP contribution in [-0.2, 0) is 0 Å². The van der Waals surface area contributed by atoms with E-state index in [2.05, 4.69) is 10.3 Å². The monoisotopic (exact) mass is 380 g/mol. The normalized spacial score (nSPS) is 11.2. The first-order chi connectivity index (χ1) is 14.1. The molecule has 1 N–H and O–H groups in total. The number of amides is 1. The van der Waals surface area contributed by atoms with Gasteiger partial charge in [-0.15, -0.1) is 0 Å². The molecule has 0 spiro atoms. The summed E-state index contributed by atoms with van der Waals surface area (Å²) in [4.78, 5) is 29.8. The van der Waals surface area contributed by atoms with Gasteiger partial charge in [0.05, 0.1) is 10.9 Å². The Morgan fingerprint density at radius 3 is 2.55 bits per heavy atom. The van der Waals surface area contributed by atoms with Crippen molar-refractivity contribution in [2.75, 3.05) is 5.32 Å². The predicted molar refractivity (Wildman–Crippen MR) is 114 cm³/mol. The second-order valence-electron chi connectivity index (χ2n) is 6.95. The molecule has 5 rings (SSSR count). The van der Waals surface area contributed by atoms with Gasteiger partial charge in [0.15, 0.2) is 0 Å². The highest BCUT2D eigenvalue weighted by atomic mass is 16.4. The van der Waals surface area contributed by atoms with E-state index in [1.807, 2.05) is 48.5 Å². The average molecular weight is 380 g/mol. The molecule has 0 unspecified atom stereocenters. The number of hydrogen-bond acceptors (Lipinski definition) is 4. The van der Waals surface area contributed by atoms with Gasteiger partial charge in [-0.3, -0.25) is 4.79 Å². The molecule has 2 aromatic heterocycles. The van der Waals surface area contributed by atoms with E-state index in [9.17, 15) is 9.59 Å². The largest absolute Gasteiger partial charge is 0.422 e. The maximum atomic E-state index is 12.8. The van der Waals surface area contributed by atoms with Crippen LogP contribution in [-0.4, -0.2) is 10.9 Å². The van der Waals surface area contributed by atoms with Crippen molar-refractivity contribution in [3.05, 3.63) is 94.3 Å². The van der Waals surface area contributed by atoms with Crippen molar-refractivity contribution in [1.82, 2.24) is 4.98 Å². The Labute approximate surface area is 165 Å². The summed E-state index contributed by atoms with van der Waals surface area (Å²) < 4.78 is 5.40. The molecule has 3 aromatic carbocycles. The summed E-state index contributed by atoms with van der Waals surface area (Å²) >= 11 is 0. The molecule has 2 heterocycles. The number of nitrogens with one attached hydrogen (secondary N) is 1. The SMILES string of the molecule is Cc1cc(NC(=O)c2ccc3ccccc3c2)nc2c1c(=O)oc1ccccc12. The third-order valence-corrected chi connectivity index (χ3v) is 5.02. The summed E-state index contributed by atoms with van der Waals surface area (Å²) in [5, 5.41) is 6.07. The van der Waals surface area contributed by atoms with Gasteiger partial charge < -0.3 is 9.73 Å². The lowest BCUT2D eigenvalue weighted by molar-refractivity contribution is 0.102. The lowest BCUT2D eigenvalue weighted by atomic mass is 10.1. The standard InChI is InChI=1S/C24H16N2O3/c1-14-12-20(25-22-18-8-4-5-9-19(18)29-24(28)21(14)22)26-23(27)17-11-10-15-6-2-3-7-16(15)13-17/h2-13H,1H3,(H,25,26,27). The molecule has 0 saturated carbocycles. The Kier molecular flexibility index (Phi) is 3.88. The number of para-hydroxylation sites is 1. The molecule has 5 aromatic rings. The van der Waals surface area contributed by atoms with Crippen LogP contribution >= 0.6 is 0 Å². The summed E-state index contributed by atoms with van der Waals surface area (Å²) in [7, 11) is 0. The van der Waals surface area contributed by atoms with Gasteiger partial charge in [-0.1, -0.05) is 42.5 Å². The minimum absolute atomic E-state index is 0.255. The van der Waals surface area contributed by atoms with Crippen LogP contribution in [0.1, 0.15) is 15.9 Å². The van der Waals surface area contributed by atoms with Gasteiger partial charge in [0.25, 0.3) is 5.91 Å². The zero-order valence-corrected chi connectivity index (χ0v) is 15.6. The van der Waals surface area contributed by atoms with Gasteiger partial charge in [-0.05, 0) is 53.6 Å². The number of rotatable bonds is 2. The maximum absolute atomic E-state index is 12.8. The Morgan fingerprint density at radius 1 is 0.931 bits per heavy atom. The van der Waals surface area contributed by atoms with Crippen LogP contribution in [0.2, 0.25) is 0 Å². The average Bonchev–Trinajstić information content (AvgIpc) is 2.73. The van der Waals surface area contributed by atoms with Gasteiger partial charge in [0.1, 0.15) is 11.4 Å². The van der Waals surface area contributed by atoms with E-state index < -0.39 is 5.63 Å². The van der Waals surface area contributed by atoms with Gasteiger partial charge in [0.2, 0.25) is 0 Å². The first-order valence-electron chi connectivity index (χ1n) is 9.23. The van der Waals surface area contributed by atoms with E-state index in [4.69, 9.17) is 4.42 Å². The van der Waals surface area contributed by atoms with E-state index in [1.54, 1.807) is 31.2 Å². The second kappa shape index (κ2) is 6.56. The lowest BCUT2D eigenvalue weighted by Gasteiger charge is -2.09. The van der Waals surface area contributed by atoms with Crippen molar-refractivity contribution in [1.29, 1.82) is 0 Å². The van der Waals surface area contributed by atoms with Gasteiger partial charge in [0, 0.05) is 10.9 Å². The molecule has 1 amide bonds. The Hall–Kier alpha value is -3.99. The Bertz CT molecular complexity index is 1480. The predicted octanol–water partition coefficient (Wildman–Crippen LogP) is 5.06. The molecule has 0 radical (unpaired) electrons. The molecule has 0 bridgehead atoms. The van der Waals surface area contributed by atoms with Crippen LogP contribution in [0.5, 0.6) is 0 Å². The smallest absolute Gasteiger partial charge is 0.346 e. The fraction of sp³-hybridized carbons (Fsp3) is 0.0417. The van der Waals surface area contributed by atoms with Crippen LogP contribution in [0.15, 0.2) is 82.0 Å². The van der Waals surface area contributed by atoms with E-state index in [1.165, 1.54) is 0 Å². The van der Waals surface area contributed by atoms with Gasteiger partial charge >= 0.3 is 5.63 Å². The number of aryl methyl sites for hydroxylation is 1. The topological polar surface area (TPSA) is 72.2 Å². The number of pyridine rings is 1. The van der Waals surface area contributed by atoms with Crippen molar-refractivity contribution >= 4 is 44.4 Å². The lowest BCUT2D eigenvalue weighted by Crippen LogP contribution is -2.14. The number of carbonyl (C=O) groups is 1. The fourth-order valence-corrected chi connectivity index (χ4v) is 3.61. The third-order valence-electron chi connectivity index (χ3n) is 5.02. The highest BCUT2D eigenvalue weighted by molar-refractivity contribution is 6.08. The molecule has 0 aliphatic heterocycles. The van der Waals surface area contributed by atoms with Crippen LogP contribution in [0, 0.1) is 6.92 Å². The molecule has 0 aliphatic rings. The Morgan fingerprint density at radius 2 is 1.69 bits per heavy atom. The van der Waals surface area contributed by atoms with Crippen molar-refractivity contribution < 1.29 is 9.21 Å². The maximum Gasteiger partial charge on any atom is 0.346 e. The zero-order valence-electron chi connectivity index (χ0n) is 15.6. The number of nitrogens with zero attached hydrogens (tertiary/aromatic N) is 1. The third kappa shape index (κ3) is 2.93. The van der Waals surface area contributed by atoms with E-state index in [-0.39, 0.29) is 5.91 Å². The van der Waals surface area contributed by atoms with Crippen molar-refractivity contribution in [2.24, 2.45) is 0 Å². The molecule has 0 fully saturated rings. The van der Waals surface area contributed by atoms with E-state index in [0.717, 1.165) is 16.2 Å². The molecule has 5 heteroatoms. The van der Waals surface area contributed by atoms with Crippen molar-refractivity contribution in [3.63, 3.8) is 0 Å². The first-order valence-corrected chi connectivity index (χ1v) is 9.23. The highest BCUT2D eigenvalue weighted by Gasteiger charge is 2.14. The first kappa shape index (κ1) is 17.1. The van der Waals surface area contributed by atoms with Crippen molar-refractivity contribution in [3.8, 4) is 0 Å². The molecule has 29 heavy (non-hydrogen) atoms. The molecule has 140 valence electrons. The van der Waals surface area contributed by atoms with Crippen molar-refractivity contribution in [2.45, 2.75) is 6.92 Å². The summed E-state index contributed by atoms with van der Waals surface area (Å²) in [5.74, 6) is 0.137. The highest BCUT2D eigenvalue weighted by Crippen LogP contribution is 2.25. The molecular formula is C24H16N2O3.